The van der Waals surface area contributed by atoms with Gasteiger partial charge in [0.2, 0.25) is 0 Å². The van der Waals surface area contributed by atoms with Gasteiger partial charge in [0.1, 0.15) is 4.32 Å². The SMILES string of the molecule is CCCCCCCCCCCC(CC(C)C)NC(=S)S. The van der Waals surface area contributed by atoms with E-state index >= 15 is 0 Å². The smallest absolute Gasteiger partial charge is 0.130 e. The molecule has 3 heteroatoms. The zero-order valence-corrected chi connectivity index (χ0v) is 15.5. The Bertz CT molecular complexity index is 229. The van der Waals surface area contributed by atoms with Crippen LogP contribution in [0.3, 0.4) is 0 Å². The minimum Gasteiger partial charge on any atom is -0.368 e. The first kappa shape index (κ1) is 20.2. The molecular weight excluding hydrogens is 282 g/mol. The van der Waals surface area contributed by atoms with Crippen LogP contribution in [0.4, 0.5) is 0 Å². The third kappa shape index (κ3) is 14.6. The summed E-state index contributed by atoms with van der Waals surface area (Å²) < 4.78 is 0.645. The highest BCUT2D eigenvalue weighted by Gasteiger charge is 2.10. The third-order valence-electron chi connectivity index (χ3n) is 3.74. The van der Waals surface area contributed by atoms with Gasteiger partial charge in [-0.1, -0.05) is 90.8 Å². The fourth-order valence-electron chi connectivity index (χ4n) is 2.69. The Balaban J connectivity index is 3.50. The molecule has 1 unspecified atom stereocenters. The molecule has 0 aliphatic heterocycles. The van der Waals surface area contributed by atoms with Crippen LogP contribution >= 0.6 is 24.8 Å². The van der Waals surface area contributed by atoms with Crippen molar-refractivity contribution in [3.63, 3.8) is 0 Å². The second-order valence-corrected chi connectivity index (χ2v) is 7.55. The predicted molar refractivity (Wildman–Crippen MR) is 99.8 cm³/mol. The van der Waals surface area contributed by atoms with Gasteiger partial charge in [-0.15, -0.1) is 12.6 Å². The van der Waals surface area contributed by atoms with E-state index in [-0.39, 0.29) is 0 Å². The van der Waals surface area contributed by atoms with Crippen LogP contribution in [0.5, 0.6) is 0 Å². The Morgan fingerprint density at radius 3 is 1.90 bits per heavy atom. The zero-order valence-electron chi connectivity index (χ0n) is 13.8. The summed E-state index contributed by atoms with van der Waals surface area (Å²) in [6.07, 6.45) is 14.9. The number of thiol groups is 1. The third-order valence-corrected chi connectivity index (χ3v) is 3.99. The lowest BCUT2D eigenvalue weighted by atomic mass is 9.98. The fourth-order valence-corrected chi connectivity index (χ4v) is 3.04. The normalized spacial score (nSPS) is 12.7. The van der Waals surface area contributed by atoms with Crippen molar-refractivity contribution in [2.75, 3.05) is 0 Å². The first-order valence-electron chi connectivity index (χ1n) is 8.55. The second kappa shape index (κ2) is 14.2. The molecule has 0 heterocycles. The molecule has 0 aromatic carbocycles. The van der Waals surface area contributed by atoms with E-state index in [0.29, 0.717) is 16.3 Å². The number of thiocarbonyl (C=S) groups is 1. The zero-order chi connectivity index (χ0) is 15.2. The lowest BCUT2D eigenvalue weighted by Gasteiger charge is -2.20. The maximum Gasteiger partial charge on any atom is 0.130 e. The molecule has 0 fully saturated rings. The van der Waals surface area contributed by atoms with Crippen molar-refractivity contribution in [1.82, 2.24) is 5.32 Å². The van der Waals surface area contributed by atoms with Gasteiger partial charge in [-0.05, 0) is 18.8 Å². The van der Waals surface area contributed by atoms with E-state index in [1.165, 1.54) is 70.6 Å². The van der Waals surface area contributed by atoms with Crippen LogP contribution in [0.2, 0.25) is 0 Å². The topological polar surface area (TPSA) is 12.0 Å². The maximum absolute atomic E-state index is 5.05. The van der Waals surface area contributed by atoms with E-state index in [4.69, 9.17) is 12.2 Å². The molecule has 0 spiro atoms. The van der Waals surface area contributed by atoms with Crippen LogP contribution in [0.1, 0.15) is 91.4 Å². The summed E-state index contributed by atoms with van der Waals surface area (Å²) in [7, 11) is 0. The first-order chi connectivity index (χ1) is 9.56. The van der Waals surface area contributed by atoms with E-state index in [1.807, 2.05) is 0 Å². The molecule has 0 aromatic heterocycles. The number of nitrogens with one attached hydrogen (secondary N) is 1. The monoisotopic (exact) mass is 317 g/mol. The van der Waals surface area contributed by atoms with Crippen LogP contribution in [-0.2, 0) is 0 Å². The van der Waals surface area contributed by atoms with Crippen molar-refractivity contribution in [3.8, 4) is 0 Å². The van der Waals surface area contributed by atoms with Crippen molar-refractivity contribution in [2.24, 2.45) is 5.92 Å². The maximum atomic E-state index is 5.05. The Labute approximate surface area is 138 Å². The highest BCUT2D eigenvalue weighted by Crippen LogP contribution is 2.15. The molecule has 20 heavy (non-hydrogen) atoms. The van der Waals surface area contributed by atoms with Crippen LogP contribution < -0.4 is 5.32 Å². The van der Waals surface area contributed by atoms with Crippen LogP contribution in [0.25, 0.3) is 0 Å². The molecule has 0 aromatic rings. The average molecular weight is 318 g/mol. The summed E-state index contributed by atoms with van der Waals surface area (Å²) in [4.78, 5) is 0. The highest BCUT2D eigenvalue weighted by molar-refractivity contribution is 8.11. The lowest BCUT2D eigenvalue weighted by molar-refractivity contribution is 0.426. The van der Waals surface area contributed by atoms with Gasteiger partial charge < -0.3 is 5.32 Å². The van der Waals surface area contributed by atoms with Crippen molar-refractivity contribution >= 4 is 29.2 Å². The molecule has 120 valence electrons. The summed E-state index contributed by atoms with van der Waals surface area (Å²) in [5.41, 5.74) is 0. The Hall–Kier alpha value is 0.240. The molecule has 0 saturated heterocycles. The number of hydrogen-bond donors (Lipinski definition) is 2. The van der Waals surface area contributed by atoms with E-state index in [9.17, 15) is 0 Å². The number of unbranched alkanes of at least 4 members (excludes halogenated alkanes) is 8. The predicted octanol–water partition coefficient (Wildman–Crippen LogP) is 6.13. The number of hydrogen-bond acceptors (Lipinski definition) is 1. The Kier molecular flexibility index (Phi) is 14.4. The van der Waals surface area contributed by atoms with Gasteiger partial charge in [0.25, 0.3) is 0 Å². The molecule has 0 aliphatic carbocycles. The van der Waals surface area contributed by atoms with Gasteiger partial charge in [0.15, 0.2) is 0 Å². The minimum absolute atomic E-state index is 0.518. The molecule has 0 radical (unpaired) electrons. The van der Waals surface area contributed by atoms with Crippen LogP contribution in [-0.4, -0.2) is 10.4 Å². The van der Waals surface area contributed by atoms with E-state index < -0.39 is 0 Å². The molecular formula is C17H35NS2. The van der Waals surface area contributed by atoms with Gasteiger partial charge in [-0.3, -0.25) is 0 Å². The fraction of sp³-hybridized carbons (Fsp3) is 0.941. The summed E-state index contributed by atoms with van der Waals surface area (Å²) in [6, 6.07) is 0.518. The van der Waals surface area contributed by atoms with Gasteiger partial charge in [0.05, 0.1) is 0 Å². The summed E-state index contributed by atoms with van der Waals surface area (Å²) in [5.74, 6) is 0.716. The molecule has 1 atom stereocenters. The summed E-state index contributed by atoms with van der Waals surface area (Å²) >= 11 is 9.25. The highest BCUT2D eigenvalue weighted by atomic mass is 32.1. The largest absolute Gasteiger partial charge is 0.368 e. The van der Waals surface area contributed by atoms with E-state index in [1.54, 1.807) is 0 Å². The quantitative estimate of drug-likeness (QED) is 0.241. The molecule has 0 aliphatic rings. The number of rotatable bonds is 13. The molecule has 0 bridgehead atoms. The van der Waals surface area contributed by atoms with Crippen LogP contribution in [0.15, 0.2) is 0 Å². The lowest BCUT2D eigenvalue weighted by Crippen LogP contribution is -2.32. The minimum atomic E-state index is 0.518. The van der Waals surface area contributed by atoms with Crippen molar-refractivity contribution in [1.29, 1.82) is 0 Å². The van der Waals surface area contributed by atoms with E-state index in [2.05, 4.69) is 38.7 Å². The average Bonchev–Trinajstić information content (AvgIpc) is 2.35. The van der Waals surface area contributed by atoms with Gasteiger partial charge in [0, 0.05) is 6.04 Å². The van der Waals surface area contributed by atoms with Crippen LogP contribution in [0, 0.1) is 5.92 Å². The summed E-state index contributed by atoms with van der Waals surface area (Å²) in [5, 5.41) is 3.33. The summed E-state index contributed by atoms with van der Waals surface area (Å²) in [6.45, 7) is 6.82. The van der Waals surface area contributed by atoms with E-state index in [0.717, 1.165) is 0 Å². The Morgan fingerprint density at radius 1 is 0.950 bits per heavy atom. The van der Waals surface area contributed by atoms with Gasteiger partial charge in [-0.2, -0.15) is 0 Å². The second-order valence-electron chi connectivity index (χ2n) is 6.39. The van der Waals surface area contributed by atoms with Crippen molar-refractivity contribution in [3.05, 3.63) is 0 Å². The standard InChI is InChI=1S/C17H35NS2/c1-4-5-6-7-8-9-10-11-12-13-16(14-15(2)3)18-17(19)20/h15-16H,4-14H2,1-3H3,(H2,18,19,20). The van der Waals surface area contributed by atoms with Gasteiger partial charge in [-0.25, -0.2) is 0 Å². The molecule has 0 saturated carbocycles. The first-order valence-corrected chi connectivity index (χ1v) is 9.41. The molecule has 1 nitrogen and oxygen atoms in total. The molecule has 1 N–H and O–H groups in total. The molecule has 0 amide bonds. The van der Waals surface area contributed by atoms with Crippen molar-refractivity contribution < 1.29 is 0 Å². The van der Waals surface area contributed by atoms with Gasteiger partial charge >= 0.3 is 0 Å². The molecule has 0 rings (SSSR count). The van der Waals surface area contributed by atoms with Crippen molar-refractivity contribution in [2.45, 2.75) is 97.4 Å². The Morgan fingerprint density at radius 2 is 1.45 bits per heavy atom.